The van der Waals surface area contributed by atoms with E-state index in [1.54, 1.807) is 23.1 Å². The van der Waals surface area contributed by atoms with Crippen molar-refractivity contribution in [2.24, 2.45) is 0 Å². The molecule has 11 heavy (non-hydrogen) atoms. The summed E-state index contributed by atoms with van der Waals surface area (Å²) in [5, 5.41) is 9.60. The normalized spacial score (nSPS) is 18.3. The summed E-state index contributed by atoms with van der Waals surface area (Å²) in [6, 6.07) is 0. The Balaban J connectivity index is 1.95. The zero-order chi connectivity index (χ0) is 7.68. The van der Waals surface area contributed by atoms with Crippen molar-refractivity contribution in [3.63, 3.8) is 0 Å². The summed E-state index contributed by atoms with van der Waals surface area (Å²) in [6.07, 6.45) is 0. The Morgan fingerprint density at radius 3 is 2.82 bits per heavy atom. The SMILES string of the molecule is Cc1nnc(SC2COC2)s1. The Labute approximate surface area is 73.2 Å². The minimum Gasteiger partial charge on any atom is -0.379 e. The Kier molecular flexibility index (Phi) is 2.11. The number of aryl methyl sites for hydroxylation is 1. The smallest absolute Gasteiger partial charge is 0.174 e. The maximum atomic E-state index is 5.05. The molecule has 0 unspecified atom stereocenters. The van der Waals surface area contributed by atoms with Crippen molar-refractivity contribution in [3.8, 4) is 0 Å². The molecule has 0 atom stereocenters. The molecule has 3 nitrogen and oxygen atoms in total. The fraction of sp³-hybridized carbons (Fsp3) is 0.667. The first-order valence-electron chi connectivity index (χ1n) is 3.39. The zero-order valence-corrected chi connectivity index (χ0v) is 7.74. The van der Waals surface area contributed by atoms with Gasteiger partial charge in [0.05, 0.1) is 18.5 Å². The zero-order valence-electron chi connectivity index (χ0n) is 6.11. The van der Waals surface area contributed by atoms with Gasteiger partial charge in [-0.3, -0.25) is 0 Å². The standard InChI is InChI=1S/C6H8N2OS2/c1-4-7-8-6(10-4)11-5-2-9-3-5/h5H,2-3H2,1H3. The van der Waals surface area contributed by atoms with Gasteiger partial charge in [-0.05, 0) is 6.92 Å². The highest BCUT2D eigenvalue weighted by Gasteiger charge is 2.20. The van der Waals surface area contributed by atoms with Crippen LogP contribution in [0.2, 0.25) is 0 Å². The second kappa shape index (κ2) is 3.08. The number of hydrogen-bond acceptors (Lipinski definition) is 5. The third kappa shape index (κ3) is 1.72. The van der Waals surface area contributed by atoms with E-state index >= 15 is 0 Å². The maximum Gasteiger partial charge on any atom is 0.174 e. The second-order valence-electron chi connectivity index (χ2n) is 2.36. The predicted octanol–water partition coefficient (Wildman–Crippen LogP) is 1.34. The Hall–Kier alpha value is -0.130. The lowest BCUT2D eigenvalue weighted by Gasteiger charge is -2.23. The highest BCUT2D eigenvalue weighted by molar-refractivity contribution is 8.01. The third-order valence-electron chi connectivity index (χ3n) is 1.38. The van der Waals surface area contributed by atoms with Gasteiger partial charge in [0, 0.05) is 0 Å². The van der Waals surface area contributed by atoms with Gasteiger partial charge in [-0.25, -0.2) is 0 Å². The van der Waals surface area contributed by atoms with E-state index < -0.39 is 0 Å². The predicted molar refractivity (Wildman–Crippen MR) is 45.1 cm³/mol. The molecule has 1 fully saturated rings. The van der Waals surface area contributed by atoms with Crippen LogP contribution in [0.15, 0.2) is 4.34 Å². The molecule has 2 heterocycles. The molecule has 5 heteroatoms. The lowest BCUT2D eigenvalue weighted by Crippen LogP contribution is -2.29. The van der Waals surface area contributed by atoms with Crippen molar-refractivity contribution in [3.05, 3.63) is 5.01 Å². The Bertz CT molecular complexity index is 246. The molecule has 0 aliphatic carbocycles. The quantitative estimate of drug-likeness (QED) is 0.701. The number of rotatable bonds is 2. The molecule has 0 N–H and O–H groups in total. The molecule has 0 aromatic carbocycles. The number of nitrogens with zero attached hydrogens (tertiary/aromatic N) is 2. The van der Waals surface area contributed by atoms with Gasteiger partial charge < -0.3 is 4.74 Å². The van der Waals surface area contributed by atoms with Crippen LogP contribution in [0.4, 0.5) is 0 Å². The fourth-order valence-electron chi connectivity index (χ4n) is 0.751. The van der Waals surface area contributed by atoms with Crippen LogP contribution in [-0.4, -0.2) is 28.7 Å². The molecule has 0 radical (unpaired) electrons. The third-order valence-corrected chi connectivity index (χ3v) is 3.44. The maximum absolute atomic E-state index is 5.05. The van der Waals surface area contributed by atoms with E-state index in [0.29, 0.717) is 5.25 Å². The molecule has 0 amide bonds. The summed E-state index contributed by atoms with van der Waals surface area (Å²) in [5.74, 6) is 0. The lowest BCUT2D eigenvalue weighted by molar-refractivity contribution is 0.0455. The van der Waals surface area contributed by atoms with E-state index in [0.717, 1.165) is 22.6 Å². The van der Waals surface area contributed by atoms with Crippen molar-refractivity contribution in [1.82, 2.24) is 10.2 Å². The van der Waals surface area contributed by atoms with E-state index in [4.69, 9.17) is 4.74 Å². The molecule has 1 aromatic heterocycles. The summed E-state index contributed by atoms with van der Waals surface area (Å²) >= 11 is 3.42. The number of hydrogen-bond donors (Lipinski definition) is 0. The Morgan fingerprint density at radius 1 is 1.55 bits per heavy atom. The molecule has 0 spiro atoms. The van der Waals surface area contributed by atoms with Crippen LogP contribution in [0.5, 0.6) is 0 Å². The summed E-state index contributed by atoms with van der Waals surface area (Å²) in [6.45, 7) is 3.70. The van der Waals surface area contributed by atoms with E-state index in [1.807, 2.05) is 6.92 Å². The molecule has 0 bridgehead atoms. The molecule has 1 aromatic rings. The van der Waals surface area contributed by atoms with E-state index in [9.17, 15) is 0 Å². The van der Waals surface area contributed by atoms with E-state index in [2.05, 4.69) is 10.2 Å². The average molecular weight is 188 g/mol. The van der Waals surface area contributed by atoms with Crippen molar-refractivity contribution < 1.29 is 4.74 Å². The molecular formula is C6H8N2OS2. The van der Waals surface area contributed by atoms with Gasteiger partial charge in [-0.1, -0.05) is 23.1 Å². The number of ether oxygens (including phenoxy) is 1. The Morgan fingerprint density at radius 2 is 2.36 bits per heavy atom. The van der Waals surface area contributed by atoms with Crippen LogP contribution in [0.3, 0.4) is 0 Å². The average Bonchev–Trinajstić information content (AvgIpc) is 2.27. The highest BCUT2D eigenvalue weighted by atomic mass is 32.2. The van der Waals surface area contributed by atoms with Crippen LogP contribution >= 0.6 is 23.1 Å². The molecule has 1 aliphatic heterocycles. The first kappa shape index (κ1) is 7.52. The molecule has 1 aliphatic rings. The van der Waals surface area contributed by atoms with Crippen LogP contribution < -0.4 is 0 Å². The largest absolute Gasteiger partial charge is 0.379 e. The molecule has 60 valence electrons. The van der Waals surface area contributed by atoms with Crippen molar-refractivity contribution in [1.29, 1.82) is 0 Å². The van der Waals surface area contributed by atoms with Gasteiger partial charge in [0.25, 0.3) is 0 Å². The number of thioether (sulfide) groups is 1. The van der Waals surface area contributed by atoms with Gasteiger partial charge in [-0.15, -0.1) is 10.2 Å². The van der Waals surface area contributed by atoms with Crippen LogP contribution in [0.1, 0.15) is 5.01 Å². The van der Waals surface area contributed by atoms with Crippen LogP contribution in [0, 0.1) is 6.92 Å². The summed E-state index contributed by atoms with van der Waals surface area (Å²) in [7, 11) is 0. The minimum absolute atomic E-state index is 0.613. The summed E-state index contributed by atoms with van der Waals surface area (Å²) < 4.78 is 6.12. The molecule has 0 saturated carbocycles. The van der Waals surface area contributed by atoms with Gasteiger partial charge in [0.2, 0.25) is 0 Å². The molecule has 1 saturated heterocycles. The lowest BCUT2D eigenvalue weighted by atomic mass is 10.4. The summed E-state index contributed by atoms with van der Waals surface area (Å²) in [5.41, 5.74) is 0. The van der Waals surface area contributed by atoms with Crippen molar-refractivity contribution >= 4 is 23.1 Å². The van der Waals surface area contributed by atoms with Gasteiger partial charge >= 0.3 is 0 Å². The summed E-state index contributed by atoms with van der Waals surface area (Å²) in [4.78, 5) is 0. The fourth-order valence-corrected chi connectivity index (χ4v) is 2.83. The van der Waals surface area contributed by atoms with Gasteiger partial charge in [0.1, 0.15) is 5.01 Å². The minimum atomic E-state index is 0.613. The highest BCUT2D eigenvalue weighted by Crippen LogP contribution is 2.29. The van der Waals surface area contributed by atoms with E-state index in [-0.39, 0.29) is 0 Å². The van der Waals surface area contributed by atoms with Gasteiger partial charge in [0.15, 0.2) is 4.34 Å². The van der Waals surface area contributed by atoms with Gasteiger partial charge in [-0.2, -0.15) is 0 Å². The molecular weight excluding hydrogens is 180 g/mol. The topological polar surface area (TPSA) is 35.0 Å². The van der Waals surface area contributed by atoms with Crippen molar-refractivity contribution in [2.45, 2.75) is 16.5 Å². The first-order chi connectivity index (χ1) is 5.34. The van der Waals surface area contributed by atoms with Crippen LogP contribution in [0.25, 0.3) is 0 Å². The van der Waals surface area contributed by atoms with Crippen LogP contribution in [-0.2, 0) is 4.74 Å². The monoisotopic (exact) mass is 188 g/mol. The second-order valence-corrected chi connectivity index (χ2v) is 5.09. The van der Waals surface area contributed by atoms with Crippen molar-refractivity contribution in [2.75, 3.05) is 13.2 Å². The number of aromatic nitrogens is 2. The van der Waals surface area contributed by atoms with E-state index in [1.165, 1.54) is 0 Å². The molecule has 2 rings (SSSR count). The first-order valence-corrected chi connectivity index (χ1v) is 5.09.